The molecule has 1 aromatic rings. The SMILES string of the molecule is Cc1cc(C)c(S(=O)(=O)N2CCN(C(=O)OC(C(F)(F)F)C(F)(F)F)CC2)c(C)c1. The van der Waals surface area contributed by atoms with Crippen molar-refractivity contribution in [3.8, 4) is 0 Å². The molecule has 0 aliphatic carbocycles. The lowest BCUT2D eigenvalue weighted by atomic mass is 10.1. The van der Waals surface area contributed by atoms with Crippen molar-refractivity contribution in [1.29, 1.82) is 0 Å². The van der Waals surface area contributed by atoms with Crippen LogP contribution in [-0.2, 0) is 14.8 Å². The van der Waals surface area contributed by atoms with Gasteiger partial charge in [-0.15, -0.1) is 0 Å². The Balaban J connectivity index is 2.12. The van der Waals surface area contributed by atoms with Crippen molar-refractivity contribution in [2.24, 2.45) is 0 Å². The molecule has 0 saturated carbocycles. The molecule has 1 aliphatic rings. The fourth-order valence-corrected chi connectivity index (χ4v) is 5.14. The Morgan fingerprint density at radius 2 is 1.37 bits per heavy atom. The third-order valence-electron chi connectivity index (χ3n) is 4.51. The van der Waals surface area contributed by atoms with E-state index in [1.165, 1.54) is 0 Å². The number of rotatable bonds is 3. The zero-order valence-corrected chi connectivity index (χ0v) is 17.1. The van der Waals surface area contributed by atoms with Crippen LogP contribution in [0.5, 0.6) is 0 Å². The number of alkyl halides is 6. The summed E-state index contributed by atoms with van der Waals surface area (Å²) in [6.45, 7) is 3.62. The molecule has 1 aliphatic heterocycles. The molecule has 0 unspecified atom stereocenters. The fourth-order valence-electron chi connectivity index (χ4n) is 3.31. The van der Waals surface area contributed by atoms with E-state index in [4.69, 9.17) is 0 Å². The lowest BCUT2D eigenvalue weighted by Gasteiger charge is -2.35. The zero-order valence-electron chi connectivity index (χ0n) is 16.3. The molecule has 1 amide bonds. The first-order chi connectivity index (χ1) is 13.5. The Bertz CT molecular complexity index is 869. The number of halogens is 6. The summed E-state index contributed by atoms with van der Waals surface area (Å²) in [5.41, 5.74) is 1.88. The molecular weight excluding hydrogens is 442 g/mol. The second-order valence-corrected chi connectivity index (χ2v) is 8.84. The van der Waals surface area contributed by atoms with Crippen LogP contribution >= 0.6 is 0 Å². The van der Waals surface area contributed by atoms with E-state index < -0.39 is 47.7 Å². The largest absolute Gasteiger partial charge is 0.434 e. The molecule has 0 N–H and O–H groups in total. The summed E-state index contributed by atoms with van der Waals surface area (Å²) >= 11 is 0. The molecule has 1 aromatic carbocycles. The summed E-state index contributed by atoms with van der Waals surface area (Å²) < 4.78 is 106. The average Bonchev–Trinajstić information content (AvgIpc) is 2.56. The standard InChI is InChI=1S/C17H20F6N2O4S/c1-10-8-11(2)13(12(3)9-10)30(27,28)25-6-4-24(5-7-25)15(26)29-14(16(18,19)20)17(21,22)23/h8-9,14H,4-7H2,1-3H3. The molecule has 0 bridgehead atoms. The third kappa shape index (κ3) is 5.17. The van der Waals surface area contributed by atoms with Gasteiger partial charge in [0, 0.05) is 26.2 Å². The van der Waals surface area contributed by atoms with Crippen LogP contribution in [0.25, 0.3) is 0 Å². The molecule has 0 spiro atoms. The Morgan fingerprint density at radius 3 is 1.77 bits per heavy atom. The maximum absolute atomic E-state index is 13.0. The van der Waals surface area contributed by atoms with Crippen molar-refractivity contribution in [2.45, 2.75) is 44.1 Å². The number of carbonyl (C=O) groups is 1. The van der Waals surface area contributed by atoms with E-state index in [1.807, 2.05) is 0 Å². The van der Waals surface area contributed by atoms with Gasteiger partial charge in [0.2, 0.25) is 10.0 Å². The molecule has 1 heterocycles. The third-order valence-corrected chi connectivity index (χ3v) is 6.72. The topological polar surface area (TPSA) is 66.9 Å². The van der Waals surface area contributed by atoms with Gasteiger partial charge in [-0.1, -0.05) is 17.7 Å². The molecule has 6 nitrogen and oxygen atoms in total. The molecule has 170 valence electrons. The van der Waals surface area contributed by atoms with E-state index in [0.29, 0.717) is 16.0 Å². The normalized spacial score (nSPS) is 16.8. The lowest BCUT2D eigenvalue weighted by Crippen LogP contribution is -2.53. The molecule has 30 heavy (non-hydrogen) atoms. The van der Waals surface area contributed by atoms with Gasteiger partial charge >= 0.3 is 18.4 Å². The highest BCUT2D eigenvalue weighted by Gasteiger charge is 2.60. The lowest BCUT2D eigenvalue weighted by molar-refractivity contribution is -0.308. The van der Waals surface area contributed by atoms with Gasteiger partial charge in [-0.25, -0.2) is 13.2 Å². The number of ether oxygens (including phenoxy) is 1. The average molecular weight is 462 g/mol. The van der Waals surface area contributed by atoms with Crippen LogP contribution in [0.3, 0.4) is 0 Å². The van der Waals surface area contributed by atoms with Gasteiger partial charge < -0.3 is 9.64 Å². The minimum atomic E-state index is -5.82. The van der Waals surface area contributed by atoms with E-state index in [1.54, 1.807) is 32.9 Å². The number of piperazine rings is 1. The Kier molecular flexibility index (Phi) is 6.67. The first-order valence-corrected chi connectivity index (χ1v) is 10.2. The highest BCUT2D eigenvalue weighted by atomic mass is 32.2. The first-order valence-electron chi connectivity index (χ1n) is 8.72. The second-order valence-electron chi connectivity index (χ2n) is 6.97. The Morgan fingerprint density at radius 1 is 0.933 bits per heavy atom. The van der Waals surface area contributed by atoms with Crippen molar-refractivity contribution in [3.63, 3.8) is 0 Å². The van der Waals surface area contributed by atoms with E-state index in [2.05, 4.69) is 4.74 Å². The van der Waals surface area contributed by atoms with E-state index in [0.717, 1.165) is 9.87 Å². The van der Waals surface area contributed by atoms with Gasteiger partial charge in [-0.05, 0) is 31.9 Å². The van der Waals surface area contributed by atoms with Gasteiger partial charge in [0.15, 0.2) is 0 Å². The minimum absolute atomic E-state index is 0.0818. The number of amides is 1. The summed E-state index contributed by atoms with van der Waals surface area (Å²) in [5, 5.41) is 0. The quantitative estimate of drug-likeness (QED) is 0.645. The number of sulfonamides is 1. The van der Waals surface area contributed by atoms with Crippen molar-refractivity contribution in [3.05, 3.63) is 28.8 Å². The van der Waals surface area contributed by atoms with Crippen molar-refractivity contribution in [2.75, 3.05) is 26.2 Å². The number of nitrogens with zero attached hydrogens (tertiary/aromatic N) is 2. The summed E-state index contributed by atoms with van der Waals surface area (Å²) in [7, 11) is -3.96. The number of hydrogen-bond acceptors (Lipinski definition) is 4. The summed E-state index contributed by atoms with van der Waals surface area (Å²) in [4.78, 5) is 12.5. The Labute approximate surface area is 169 Å². The van der Waals surface area contributed by atoms with Crippen LogP contribution in [0.15, 0.2) is 17.0 Å². The molecule has 0 radical (unpaired) electrons. The van der Waals surface area contributed by atoms with Gasteiger partial charge in [0.25, 0.3) is 6.10 Å². The molecule has 0 aromatic heterocycles. The zero-order chi connectivity index (χ0) is 23.1. The van der Waals surface area contributed by atoms with Crippen LogP contribution in [0.1, 0.15) is 16.7 Å². The van der Waals surface area contributed by atoms with E-state index in [-0.39, 0.29) is 18.0 Å². The van der Waals surface area contributed by atoms with Crippen molar-refractivity contribution >= 4 is 16.1 Å². The summed E-state index contributed by atoms with van der Waals surface area (Å²) in [6.07, 6.45) is -17.7. The van der Waals surface area contributed by atoms with Crippen LogP contribution in [-0.4, -0.2) is 68.4 Å². The molecule has 2 rings (SSSR count). The van der Waals surface area contributed by atoms with Crippen LogP contribution in [0.2, 0.25) is 0 Å². The van der Waals surface area contributed by atoms with Crippen LogP contribution in [0.4, 0.5) is 31.1 Å². The minimum Gasteiger partial charge on any atom is -0.426 e. The maximum atomic E-state index is 13.0. The van der Waals surface area contributed by atoms with Crippen molar-refractivity contribution < 1.29 is 44.3 Å². The summed E-state index contributed by atoms with van der Waals surface area (Å²) in [5.74, 6) is 0. The second kappa shape index (κ2) is 8.25. The number of carbonyl (C=O) groups excluding carboxylic acids is 1. The number of hydrogen-bond donors (Lipinski definition) is 0. The molecule has 1 fully saturated rings. The molecule has 0 atom stereocenters. The van der Waals surface area contributed by atoms with E-state index >= 15 is 0 Å². The highest BCUT2D eigenvalue weighted by molar-refractivity contribution is 7.89. The summed E-state index contributed by atoms with van der Waals surface area (Å²) in [6, 6.07) is 3.36. The first kappa shape index (κ1) is 24.3. The maximum Gasteiger partial charge on any atom is 0.434 e. The highest BCUT2D eigenvalue weighted by Crippen LogP contribution is 2.36. The number of benzene rings is 1. The van der Waals surface area contributed by atoms with Crippen molar-refractivity contribution in [1.82, 2.24) is 9.21 Å². The monoisotopic (exact) mass is 462 g/mol. The van der Waals surface area contributed by atoms with Crippen LogP contribution in [0, 0.1) is 20.8 Å². The fraction of sp³-hybridized carbons (Fsp3) is 0.588. The van der Waals surface area contributed by atoms with Gasteiger partial charge in [0.05, 0.1) is 4.90 Å². The van der Waals surface area contributed by atoms with Crippen LogP contribution < -0.4 is 0 Å². The Hall–Kier alpha value is -2.02. The smallest absolute Gasteiger partial charge is 0.426 e. The van der Waals surface area contributed by atoms with Gasteiger partial charge in [-0.3, -0.25) is 0 Å². The predicted octanol–water partition coefficient (Wildman–Crippen LogP) is 3.55. The molecular formula is C17H20F6N2O4S. The molecule has 1 saturated heterocycles. The van der Waals surface area contributed by atoms with E-state index in [9.17, 15) is 39.6 Å². The van der Waals surface area contributed by atoms with Gasteiger partial charge in [0.1, 0.15) is 0 Å². The number of aryl methyl sites for hydroxylation is 3. The predicted molar refractivity (Wildman–Crippen MR) is 93.4 cm³/mol. The molecule has 13 heteroatoms. The van der Waals surface area contributed by atoms with Gasteiger partial charge in [-0.2, -0.15) is 30.6 Å².